The summed E-state index contributed by atoms with van der Waals surface area (Å²) in [6.45, 7) is 3.77. The van der Waals surface area contributed by atoms with E-state index in [0.29, 0.717) is 22.9 Å². The van der Waals surface area contributed by atoms with Gasteiger partial charge in [0, 0.05) is 11.8 Å². The van der Waals surface area contributed by atoms with E-state index in [1.807, 2.05) is 44.2 Å². The second kappa shape index (κ2) is 7.04. The number of primary amides is 1. The summed E-state index contributed by atoms with van der Waals surface area (Å²) in [5.74, 6) is 0.329. The van der Waals surface area contributed by atoms with Crippen molar-refractivity contribution >= 4 is 17.5 Å². The van der Waals surface area contributed by atoms with Crippen LogP contribution in [-0.2, 0) is 0 Å². The van der Waals surface area contributed by atoms with E-state index in [1.54, 1.807) is 29.2 Å². The quantitative estimate of drug-likeness (QED) is 0.721. The molecule has 7 nitrogen and oxygen atoms in total. The fraction of sp³-hybridized carbons (Fsp3) is 0.167. The number of nitrogens with two attached hydrogens (primary N) is 1. The molecule has 25 heavy (non-hydrogen) atoms. The minimum atomic E-state index is -0.534. The Morgan fingerprint density at radius 1 is 1.20 bits per heavy atom. The molecule has 0 atom stereocenters. The maximum Gasteiger partial charge on any atom is 0.252 e. The first-order valence-corrected chi connectivity index (χ1v) is 7.87. The average molecular weight is 337 g/mol. The Morgan fingerprint density at radius 2 is 1.96 bits per heavy atom. The molecule has 0 saturated carbocycles. The van der Waals surface area contributed by atoms with Crippen LogP contribution in [0.15, 0.2) is 54.9 Å². The zero-order chi connectivity index (χ0) is 17.8. The van der Waals surface area contributed by atoms with Crippen LogP contribution in [0.3, 0.4) is 0 Å². The molecule has 1 heterocycles. The van der Waals surface area contributed by atoms with Crippen LogP contribution in [0.1, 0.15) is 24.2 Å². The smallest absolute Gasteiger partial charge is 0.252 e. The van der Waals surface area contributed by atoms with Gasteiger partial charge in [0.2, 0.25) is 5.95 Å². The Kier molecular flexibility index (Phi) is 4.65. The third-order valence-corrected chi connectivity index (χ3v) is 3.38. The summed E-state index contributed by atoms with van der Waals surface area (Å²) in [7, 11) is 0. The number of nitrogens with zero attached hydrogens (tertiary/aromatic N) is 3. The standard InChI is InChI=1S/C18H19N5O2/c1-12(2)25-16-10-13(8-9-15(16)17(19)24)21-18-20-11-23(22-18)14-6-4-3-5-7-14/h3-12H,1-2H3,(H2,19,24)(H,21,22). The van der Waals surface area contributed by atoms with Crippen molar-refractivity contribution in [2.75, 3.05) is 5.32 Å². The fourth-order valence-electron chi connectivity index (χ4n) is 2.31. The minimum absolute atomic E-state index is 0.0798. The number of anilines is 2. The molecule has 2 aromatic carbocycles. The lowest BCUT2D eigenvalue weighted by molar-refractivity contribution is 0.0994. The molecule has 0 aliphatic carbocycles. The normalized spacial score (nSPS) is 10.7. The van der Waals surface area contributed by atoms with E-state index in [2.05, 4.69) is 15.4 Å². The van der Waals surface area contributed by atoms with Crippen LogP contribution in [0.5, 0.6) is 5.75 Å². The highest BCUT2D eigenvalue weighted by Crippen LogP contribution is 2.25. The molecule has 0 aliphatic heterocycles. The first kappa shape index (κ1) is 16.5. The predicted octanol–water partition coefficient (Wildman–Crippen LogP) is 2.90. The van der Waals surface area contributed by atoms with E-state index in [0.717, 1.165) is 5.69 Å². The molecule has 0 fully saturated rings. The summed E-state index contributed by atoms with van der Waals surface area (Å²) in [5, 5.41) is 7.48. The van der Waals surface area contributed by atoms with Crippen LogP contribution in [0.25, 0.3) is 5.69 Å². The summed E-state index contributed by atoms with van der Waals surface area (Å²) < 4.78 is 7.34. The van der Waals surface area contributed by atoms with Crippen molar-refractivity contribution in [3.63, 3.8) is 0 Å². The molecular formula is C18H19N5O2. The number of carbonyl (C=O) groups is 1. The van der Waals surface area contributed by atoms with Gasteiger partial charge in [0.1, 0.15) is 12.1 Å². The molecule has 3 rings (SSSR count). The van der Waals surface area contributed by atoms with E-state index in [-0.39, 0.29) is 6.10 Å². The topological polar surface area (TPSA) is 95.1 Å². The SMILES string of the molecule is CC(C)Oc1cc(Nc2ncn(-c3ccccc3)n2)ccc1C(N)=O. The van der Waals surface area contributed by atoms with Gasteiger partial charge in [-0.25, -0.2) is 4.68 Å². The van der Waals surface area contributed by atoms with Gasteiger partial charge in [-0.1, -0.05) is 18.2 Å². The third kappa shape index (κ3) is 3.95. The number of nitrogens with one attached hydrogen (secondary N) is 1. The molecule has 0 unspecified atom stereocenters. The lowest BCUT2D eigenvalue weighted by atomic mass is 10.1. The van der Waals surface area contributed by atoms with Gasteiger partial charge in [0.15, 0.2) is 0 Å². The lowest BCUT2D eigenvalue weighted by Crippen LogP contribution is -2.15. The third-order valence-electron chi connectivity index (χ3n) is 3.38. The first-order valence-electron chi connectivity index (χ1n) is 7.87. The number of carbonyl (C=O) groups excluding carboxylic acids is 1. The summed E-state index contributed by atoms with van der Waals surface area (Å²) in [4.78, 5) is 15.8. The molecule has 0 saturated heterocycles. The molecule has 1 amide bonds. The number of hydrogen-bond donors (Lipinski definition) is 2. The second-order valence-electron chi connectivity index (χ2n) is 5.72. The zero-order valence-electron chi connectivity index (χ0n) is 14.0. The molecule has 7 heteroatoms. The van der Waals surface area contributed by atoms with Gasteiger partial charge >= 0.3 is 0 Å². The number of hydrogen-bond acceptors (Lipinski definition) is 5. The predicted molar refractivity (Wildman–Crippen MR) is 95.4 cm³/mol. The molecule has 1 aromatic heterocycles. The van der Waals surface area contributed by atoms with E-state index < -0.39 is 5.91 Å². The van der Waals surface area contributed by atoms with E-state index in [9.17, 15) is 4.79 Å². The molecule has 3 N–H and O–H groups in total. The van der Waals surface area contributed by atoms with Gasteiger partial charge in [-0.2, -0.15) is 4.98 Å². The Hall–Kier alpha value is -3.35. The van der Waals surface area contributed by atoms with E-state index >= 15 is 0 Å². The molecule has 128 valence electrons. The number of ether oxygens (including phenoxy) is 1. The van der Waals surface area contributed by atoms with Gasteiger partial charge in [-0.15, -0.1) is 5.10 Å². The maximum atomic E-state index is 11.5. The van der Waals surface area contributed by atoms with E-state index in [4.69, 9.17) is 10.5 Å². The number of aromatic nitrogens is 3. The summed E-state index contributed by atoms with van der Waals surface area (Å²) >= 11 is 0. The van der Waals surface area contributed by atoms with Crippen molar-refractivity contribution in [3.8, 4) is 11.4 Å². The van der Waals surface area contributed by atoms with Gasteiger partial charge in [-0.05, 0) is 38.1 Å². The fourth-order valence-corrected chi connectivity index (χ4v) is 2.31. The molecule has 3 aromatic rings. The average Bonchev–Trinajstić information content (AvgIpc) is 3.03. The van der Waals surface area contributed by atoms with Crippen LogP contribution in [0.2, 0.25) is 0 Å². The highest BCUT2D eigenvalue weighted by molar-refractivity contribution is 5.96. The van der Waals surface area contributed by atoms with Crippen molar-refractivity contribution in [2.24, 2.45) is 5.73 Å². The summed E-state index contributed by atoms with van der Waals surface area (Å²) in [6.07, 6.45) is 1.55. The summed E-state index contributed by atoms with van der Waals surface area (Å²) in [6, 6.07) is 14.8. The van der Waals surface area contributed by atoms with Crippen LogP contribution in [0.4, 0.5) is 11.6 Å². The molecule has 0 spiro atoms. The van der Waals surface area contributed by atoms with Gasteiger partial charge < -0.3 is 15.8 Å². The first-order chi connectivity index (χ1) is 12.0. The minimum Gasteiger partial charge on any atom is -0.490 e. The molecule has 0 aliphatic rings. The maximum absolute atomic E-state index is 11.5. The second-order valence-corrected chi connectivity index (χ2v) is 5.72. The highest BCUT2D eigenvalue weighted by atomic mass is 16.5. The molecule has 0 bridgehead atoms. The van der Waals surface area contributed by atoms with Crippen LogP contribution >= 0.6 is 0 Å². The Labute approximate surface area is 145 Å². The van der Waals surface area contributed by atoms with Gasteiger partial charge in [0.25, 0.3) is 5.91 Å². The van der Waals surface area contributed by atoms with Gasteiger partial charge in [0.05, 0.1) is 17.4 Å². The van der Waals surface area contributed by atoms with Crippen molar-refractivity contribution < 1.29 is 9.53 Å². The number of amides is 1. The highest BCUT2D eigenvalue weighted by Gasteiger charge is 2.13. The number of rotatable bonds is 6. The van der Waals surface area contributed by atoms with Crippen LogP contribution in [0, 0.1) is 0 Å². The van der Waals surface area contributed by atoms with Crippen LogP contribution in [-0.4, -0.2) is 26.8 Å². The van der Waals surface area contributed by atoms with Crippen molar-refractivity contribution in [1.29, 1.82) is 0 Å². The molecule has 0 radical (unpaired) electrons. The summed E-state index contributed by atoms with van der Waals surface area (Å²) in [5.41, 5.74) is 7.34. The van der Waals surface area contributed by atoms with Crippen molar-refractivity contribution in [3.05, 3.63) is 60.4 Å². The van der Waals surface area contributed by atoms with Gasteiger partial charge in [-0.3, -0.25) is 4.79 Å². The molecular weight excluding hydrogens is 318 g/mol. The number of para-hydroxylation sites is 1. The van der Waals surface area contributed by atoms with E-state index in [1.165, 1.54) is 0 Å². The largest absolute Gasteiger partial charge is 0.490 e. The van der Waals surface area contributed by atoms with Crippen LogP contribution < -0.4 is 15.8 Å². The lowest BCUT2D eigenvalue weighted by Gasteiger charge is -2.14. The van der Waals surface area contributed by atoms with Crippen molar-refractivity contribution in [1.82, 2.24) is 14.8 Å². The zero-order valence-corrected chi connectivity index (χ0v) is 14.0. The monoisotopic (exact) mass is 337 g/mol. The van der Waals surface area contributed by atoms with Crippen molar-refractivity contribution in [2.45, 2.75) is 20.0 Å². The Balaban J connectivity index is 1.83. The Morgan fingerprint density at radius 3 is 2.64 bits per heavy atom. The Bertz CT molecular complexity index is 874. The number of benzene rings is 2.